The number of carbonyl (C=O) groups is 1. The van der Waals surface area contributed by atoms with Crippen molar-refractivity contribution in [2.75, 3.05) is 13.2 Å². The van der Waals surface area contributed by atoms with Crippen molar-refractivity contribution >= 4 is 5.97 Å². The second kappa shape index (κ2) is 3.72. The molecule has 0 aromatic carbocycles. The van der Waals surface area contributed by atoms with Crippen LogP contribution in [0, 0.1) is 5.92 Å². The molecule has 0 spiro atoms. The SMILES string of the molecule is CCOC(=O)[C@@H]1C[C@H]1OCC. The van der Waals surface area contributed by atoms with Crippen molar-refractivity contribution in [3.63, 3.8) is 0 Å². The Morgan fingerprint density at radius 2 is 2.18 bits per heavy atom. The molecule has 0 aromatic rings. The van der Waals surface area contributed by atoms with Crippen molar-refractivity contribution in [2.45, 2.75) is 26.4 Å². The van der Waals surface area contributed by atoms with Gasteiger partial charge in [0.25, 0.3) is 0 Å². The predicted octanol–water partition coefficient (Wildman–Crippen LogP) is 0.975. The smallest absolute Gasteiger partial charge is 0.311 e. The number of hydrogen-bond donors (Lipinski definition) is 0. The maximum atomic E-state index is 11.0. The van der Waals surface area contributed by atoms with Crippen LogP contribution in [0.15, 0.2) is 0 Å². The van der Waals surface area contributed by atoms with E-state index in [0.29, 0.717) is 13.2 Å². The summed E-state index contributed by atoms with van der Waals surface area (Å²) >= 11 is 0. The van der Waals surface area contributed by atoms with Crippen LogP contribution in [0.1, 0.15) is 20.3 Å². The maximum Gasteiger partial charge on any atom is 0.311 e. The molecule has 1 aliphatic rings. The first kappa shape index (κ1) is 8.53. The van der Waals surface area contributed by atoms with Gasteiger partial charge in [0.2, 0.25) is 0 Å². The second-order valence-corrected chi connectivity index (χ2v) is 2.59. The van der Waals surface area contributed by atoms with E-state index >= 15 is 0 Å². The molecule has 0 aliphatic heterocycles. The lowest BCUT2D eigenvalue weighted by molar-refractivity contribution is -0.145. The summed E-state index contributed by atoms with van der Waals surface area (Å²) in [6.45, 7) is 4.89. The Balaban J connectivity index is 2.15. The predicted molar refractivity (Wildman–Crippen MR) is 40.2 cm³/mol. The fourth-order valence-electron chi connectivity index (χ4n) is 1.07. The van der Waals surface area contributed by atoms with Gasteiger partial charge in [-0.3, -0.25) is 4.79 Å². The zero-order valence-corrected chi connectivity index (χ0v) is 7.00. The van der Waals surface area contributed by atoms with Crippen molar-refractivity contribution in [2.24, 2.45) is 5.92 Å². The molecular weight excluding hydrogens is 144 g/mol. The van der Waals surface area contributed by atoms with Crippen LogP contribution >= 0.6 is 0 Å². The van der Waals surface area contributed by atoms with Crippen LogP contribution in [-0.2, 0) is 14.3 Å². The van der Waals surface area contributed by atoms with E-state index in [-0.39, 0.29) is 18.0 Å². The highest BCUT2D eigenvalue weighted by molar-refractivity contribution is 5.76. The molecule has 3 nitrogen and oxygen atoms in total. The van der Waals surface area contributed by atoms with Crippen LogP contribution in [0.4, 0.5) is 0 Å². The van der Waals surface area contributed by atoms with Gasteiger partial charge in [-0.15, -0.1) is 0 Å². The summed E-state index contributed by atoms with van der Waals surface area (Å²) in [6, 6.07) is 0. The van der Waals surface area contributed by atoms with E-state index in [9.17, 15) is 4.79 Å². The van der Waals surface area contributed by atoms with Gasteiger partial charge in [-0.1, -0.05) is 0 Å². The van der Waals surface area contributed by atoms with Gasteiger partial charge in [-0.05, 0) is 20.3 Å². The normalized spacial score (nSPS) is 28.2. The Hall–Kier alpha value is -0.570. The summed E-state index contributed by atoms with van der Waals surface area (Å²) in [5.41, 5.74) is 0. The molecule has 1 aliphatic carbocycles. The third-order valence-corrected chi connectivity index (χ3v) is 1.70. The van der Waals surface area contributed by atoms with Crippen LogP contribution in [0.5, 0.6) is 0 Å². The number of carbonyl (C=O) groups excluding carboxylic acids is 1. The van der Waals surface area contributed by atoms with Crippen molar-refractivity contribution in [1.82, 2.24) is 0 Å². The highest BCUT2D eigenvalue weighted by Gasteiger charge is 2.45. The van der Waals surface area contributed by atoms with Crippen LogP contribution < -0.4 is 0 Å². The average Bonchev–Trinajstić information content (AvgIpc) is 2.69. The molecule has 11 heavy (non-hydrogen) atoms. The molecule has 0 heterocycles. The molecule has 0 radical (unpaired) electrons. The van der Waals surface area contributed by atoms with Gasteiger partial charge in [-0.2, -0.15) is 0 Å². The lowest BCUT2D eigenvalue weighted by Gasteiger charge is -1.99. The lowest BCUT2D eigenvalue weighted by atomic mass is 10.4. The zero-order chi connectivity index (χ0) is 8.27. The molecular formula is C8H14O3. The van der Waals surface area contributed by atoms with Gasteiger partial charge in [0.15, 0.2) is 0 Å². The Morgan fingerprint density at radius 3 is 2.73 bits per heavy atom. The van der Waals surface area contributed by atoms with E-state index in [0.717, 1.165) is 6.42 Å². The van der Waals surface area contributed by atoms with Gasteiger partial charge >= 0.3 is 5.97 Å². The van der Waals surface area contributed by atoms with Crippen LogP contribution in [0.2, 0.25) is 0 Å². The molecule has 1 rings (SSSR count). The Bertz CT molecular complexity index is 144. The summed E-state index contributed by atoms with van der Waals surface area (Å²) in [4.78, 5) is 11.0. The van der Waals surface area contributed by atoms with Gasteiger partial charge in [-0.25, -0.2) is 0 Å². The van der Waals surface area contributed by atoms with Crippen molar-refractivity contribution in [3.8, 4) is 0 Å². The van der Waals surface area contributed by atoms with Crippen molar-refractivity contribution in [1.29, 1.82) is 0 Å². The largest absolute Gasteiger partial charge is 0.466 e. The summed E-state index contributed by atoms with van der Waals surface area (Å²) in [6.07, 6.45) is 0.978. The van der Waals surface area contributed by atoms with Gasteiger partial charge in [0.05, 0.1) is 18.6 Å². The van der Waals surface area contributed by atoms with E-state index in [2.05, 4.69) is 0 Å². The molecule has 0 unspecified atom stereocenters. The molecule has 0 saturated heterocycles. The maximum absolute atomic E-state index is 11.0. The van der Waals surface area contributed by atoms with E-state index in [4.69, 9.17) is 9.47 Å². The number of rotatable bonds is 4. The highest BCUT2D eigenvalue weighted by atomic mass is 16.5. The van der Waals surface area contributed by atoms with E-state index in [1.165, 1.54) is 0 Å². The quantitative estimate of drug-likeness (QED) is 0.572. The van der Waals surface area contributed by atoms with E-state index < -0.39 is 0 Å². The summed E-state index contributed by atoms with van der Waals surface area (Å²) in [5, 5.41) is 0. The Labute approximate surface area is 66.7 Å². The van der Waals surface area contributed by atoms with Crippen molar-refractivity contribution < 1.29 is 14.3 Å². The zero-order valence-electron chi connectivity index (χ0n) is 7.00. The number of esters is 1. The second-order valence-electron chi connectivity index (χ2n) is 2.59. The van der Waals surface area contributed by atoms with Gasteiger partial charge in [0, 0.05) is 6.61 Å². The molecule has 64 valence electrons. The Kier molecular flexibility index (Phi) is 2.88. The fraction of sp³-hybridized carbons (Fsp3) is 0.875. The third-order valence-electron chi connectivity index (χ3n) is 1.70. The minimum atomic E-state index is -0.106. The third kappa shape index (κ3) is 2.19. The minimum Gasteiger partial charge on any atom is -0.466 e. The molecule has 2 atom stereocenters. The van der Waals surface area contributed by atoms with Gasteiger partial charge in [0.1, 0.15) is 0 Å². The van der Waals surface area contributed by atoms with E-state index in [1.807, 2.05) is 13.8 Å². The van der Waals surface area contributed by atoms with Crippen LogP contribution in [-0.4, -0.2) is 25.3 Å². The molecule has 0 aromatic heterocycles. The molecule has 0 amide bonds. The first-order valence-corrected chi connectivity index (χ1v) is 4.07. The summed E-state index contributed by atoms with van der Waals surface area (Å²) in [7, 11) is 0. The fourth-order valence-corrected chi connectivity index (χ4v) is 1.07. The first-order valence-electron chi connectivity index (χ1n) is 4.07. The van der Waals surface area contributed by atoms with Gasteiger partial charge < -0.3 is 9.47 Å². The topological polar surface area (TPSA) is 35.5 Å². The molecule has 0 bridgehead atoms. The van der Waals surface area contributed by atoms with E-state index in [1.54, 1.807) is 0 Å². The highest BCUT2D eigenvalue weighted by Crippen LogP contribution is 2.34. The number of hydrogen-bond acceptors (Lipinski definition) is 3. The van der Waals surface area contributed by atoms with Crippen LogP contribution in [0.25, 0.3) is 0 Å². The number of ether oxygens (including phenoxy) is 2. The average molecular weight is 158 g/mol. The molecule has 1 fully saturated rings. The van der Waals surface area contributed by atoms with Crippen molar-refractivity contribution in [3.05, 3.63) is 0 Å². The monoisotopic (exact) mass is 158 g/mol. The molecule has 0 N–H and O–H groups in total. The summed E-state index contributed by atoms with van der Waals surface area (Å²) in [5.74, 6) is -0.0825. The molecule has 3 heteroatoms. The minimum absolute atomic E-state index is 0.0231. The first-order chi connectivity index (χ1) is 5.29. The summed E-state index contributed by atoms with van der Waals surface area (Å²) < 4.78 is 10.1. The molecule has 1 saturated carbocycles. The van der Waals surface area contributed by atoms with Crippen LogP contribution in [0.3, 0.4) is 0 Å². The Morgan fingerprint density at radius 1 is 1.45 bits per heavy atom. The standard InChI is InChI=1S/C8H14O3/c1-3-10-7-5-6(7)8(9)11-4-2/h6-7H,3-5H2,1-2H3/t6-,7-/m1/s1. The lowest BCUT2D eigenvalue weighted by Crippen LogP contribution is -2.10.